The number of hydrogen-bond acceptors (Lipinski definition) is 6. The molecule has 0 unspecified atom stereocenters. The van der Waals surface area contributed by atoms with Crippen molar-refractivity contribution in [2.24, 2.45) is 5.92 Å². The molecule has 1 aromatic carbocycles. The molecule has 2 aromatic rings. The van der Waals surface area contributed by atoms with E-state index in [1.54, 1.807) is 0 Å². The zero-order valence-electron chi connectivity index (χ0n) is 21.7. The van der Waals surface area contributed by atoms with E-state index in [1.807, 2.05) is 6.07 Å². The van der Waals surface area contributed by atoms with Crippen molar-refractivity contribution < 1.29 is 45.1 Å². The number of hydrogen-bond donors (Lipinski definition) is 2. The Morgan fingerprint density at radius 2 is 1.76 bits per heavy atom. The predicted octanol–water partition coefficient (Wildman–Crippen LogP) is 5.15. The van der Waals surface area contributed by atoms with Gasteiger partial charge in [-0.2, -0.15) is 18.4 Å². The zero-order chi connectivity index (χ0) is 31.1. The molecule has 2 heterocycles. The van der Waals surface area contributed by atoms with E-state index in [1.165, 1.54) is 24.4 Å². The second-order valence-electron chi connectivity index (χ2n) is 10.4. The smallest absolute Gasteiger partial charge is 0.417 e. The molecule has 1 aromatic heterocycles. The molecule has 1 saturated heterocycles. The van der Waals surface area contributed by atoms with E-state index in [0.29, 0.717) is 18.4 Å². The second kappa shape index (κ2) is 11.3. The summed E-state index contributed by atoms with van der Waals surface area (Å²) in [6.07, 6.45) is -3.57. The van der Waals surface area contributed by atoms with Gasteiger partial charge in [-0.05, 0) is 67.5 Å². The minimum Gasteiger partial charge on any atom is -0.465 e. The van der Waals surface area contributed by atoms with Crippen LogP contribution in [0.25, 0.3) is 11.1 Å². The number of pyridine rings is 1. The van der Waals surface area contributed by atoms with E-state index < -0.39 is 74.2 Å². The summed E-state index contributed by atoms with van der Waals surface area (Å²) in [6.45, 7) is -1.45. The molecule has 0 spiro atoms. The van der Waals surface area contributed by atoms with E-state index in [2.05, 4.69) is 10.3 Å². The summed E-state index contributed by atoms with van der Waals surface area (Å²) in [4.78, 5) is 26.2. The maximum Gasteiger partial charge on any atom is 0.417 e. The number of rotatable bonds is 5. The van der Waals surface area contributed by atoms with E-state index >= 15 is 0 Å². The molecule has 226 valence electrons. The maximum absolute atomic E-state index is 13.8. The van der Waals surface area contributed by atoms with Gasteiger partial charge in [0.25, 0.3) is 5.92 Å². The summed E-state index contributed by atoms with van der Waals surface area (Å²) >= 11 is 5.80. The van der Waals surface area contributed by atoms with Crippen molar-refractivity contribution in [3.63, 3.8) is 0 Å². The first kappa shape index (κ1) is 31.4. The summed E-state index contributed by atoms with van der Waals surface area (Å²) < 4.78 is 93.9. The lowest BCUT2D eigenvalue weighted by Crippen LogP contribution is -2.59. The Balaban J connectivity index is 0.000000385. The van der Waals surface area contributed by atoms with Crippen molar-refractivity contribution in [1.29, 1.82) is 5.26 Å². The third kappa shape index (κ3) is 6.92. The number of alkyl halides is 5. The minimum absolute atomic E-state index is 0.0258. The molecule has 2 N–H and O–H groups in total. The van der Waals surface area contributed by atoms with Crippen LogP contribution in [0, 0.1) is 17.2 Å². The molecule has 0 bridgehead atoms. The van der Waals surface area contributed by atoms with Crippen LogP contribution in [-0.2, 0) is 20.8 Å². The lowest BCUT2D eigenvalue weighted by atomic mass is 10.0. The topological polar surface area (TPSA) is 140 Å². The quantitative estimate of drug-likeness (QED) is 0.342. The molecule has 1 aliphatic heterocycles. The van der Waals surface area contributed by atoms with E-state index in [0.717, 1.165) is 17.0 Å². The number of nitriles is 1. The van der Waals surface area contributed by atoms with Crippen LogP contribution < -0.4 is 5.32 Å². The number of nitrogens with one attached hydrogen (secondary N) is 1. The highest BCUT2D eigenvalue weighted by Crippen LogP contribution is 2.42. The highest BCUT2D eigenvalue weighted by atomic mass is 35.5. The first-order chi connectivity index (χ1) is 19.5. The van der Waals surface area contributed by atoms with Crippen molar-refractivity contribution in [3.05, 3.63) is 47.2 Å². The number of halogens is 6. The van der Waals surface area contributed by atoms with Crippen molar-refractivity contribution in [3.8, 4) is 17.2 Å². The van der Waals surface area contributed by atoms with Gasteiger partial charge in [0, 0.05) is 12.1 Å². The molecule has 16 heteroatoms. The van der Waals surface area contributed by atoms with Crippen LogP contribution in [-0.4, -0.2) is 65.2 Å². The molecular formula is C26H24ClF5N4O5S. The van der Waals surface area contributed by atoms with Gasteiger partial charge >= 0.3 is 12.3 Å². The van der Waals surface area contributed by atoms with E-state index in [9.17, 15) is 40.0 Å². The molecule has 2 aliphatic carbocycles. The first-order valence-electron chi connectivity index (χ1n) is 12.6. The van der Waals surface area contributed by atoms with E-state index in [4.69, 9.17) is 22.0 Å². The van der Waals surface area contributed by atoms with Gasteiger partial charge in [0.1, 0.15) is 10.7 Å². The van der Waals surface area contributed by atoms with Crippen molar-refractivity contribution >= 4 is 33.4 Å². The number of carbonyl (C=O) groups excluding carboxylic acids is 1. The minimum atomic E-state index is -4.95. The Morgan fingerprint density at radius 3 is 2.26 bits per heavy atom. The number of benzene rings is 1. The number of carboxylic acid groups (broad SMARTS) is 1. The van der Waals surface area contributed by atoms with Gasteiger partial charge in [0.15, 0.2) is 9.84 Å². The number of carbonyl (C=O) groups is 2. The highest BCUT2D eigenvalue weighted by molar-refractivity contribution is 7.92. The Kier molecular flexibility index (Phi) is 8.45. The van der Waals surface area contributed by atoms with Crippen LogP contribution in [0.4, 0.5) is 26.7 Å². The molecule has 2 amide bonds. The Hall–Kier alpha value is -3.51. The second-order valence-corrected chi connectivity index (χ2v) is 13.0. The summed E-state index contributed by atoms with van der Waals surface area (Å²) in [5, 5.41) is 17.5. The van der Waals surface area contributed by atoms with Gasteiger partial charge in [0.2, 0.25) is 5.91 Å². The molecule has 2 saturated carbocycles. The Morgan fingerprint density at radius 1 is 1.12 bits per heavy atom. The van der Waals surface area contributed by atoms with Crippen molar-refractivity contribution in [2.45, 2.75) is 59.9 Å². The van der Waals surface area contributed by atoms with Crippen LogP contribution >= 0.6 is 11.6 Å². The normalized spacial score (nSPS) is 22.2. The predicted molar refractivity (Wildman–Crippen MR) is 138 cm³/mol. The number of amides is 2. The van der Waals surface area contributed by atoms with Crippen LogP contribution in [0.15, 0.2) is 41.4 Å². The van der Waals surface area contributed by atoms with E-state index in [-0.39, 0.29) is 30.0 Å². The van der Waals surface area contributed by atoms with Crippen LogP contribution in [0.1, 0.15) is 37.7 Å². The fraction of sp³-hybridized carbons (Fsp3) is 0.462. The lowest BCUT2D eigenvalue weighted by Gasteiger charge is -2.40. The van der Waals surface area contributed by atoms with Gasteiger partial charge in [-0.3, -0.25) is 4.79 Å². The SMILES string of the molecule is N#CC1(NC(=O)O)CC1.O=C([C@@H]1CC[C@@H](S(=O)(=O)c2ccc(-c3ccnc(Cl)c3)cc2C(F)(F)F)C1)N1CC(F)(F)C1. The largest absolute Gasteiger partial charge is 0.465 e. The Bertz CT molecular complexity index is 1530. The molecule has 5 rings (SSSR count). The van der Waals surface area contributed by atoms with Gasteiger partial charge in [0.05, 0.1) is 34.9 Å². The molecule has 9 nitrogen and oxygen atoms in total. The Labute approximate surface area is 242 Å². The van der Waals surface area contributed by atoms with Crippen molar-refractivity contribution in [1.82, 2.24) is 15.2 Å². The fourth-order valence-electron chi connectivity index (χ4n) is 4.91. The van der Waals surface area contributed by atoms with Gasteiger partial charge in [-0.25, -0.2) is 27.0 Å². The highest BCUT2D eigenvalue weighted by Gasteiger charge is 2.50. The average molecular weight is 635 g/mol. The third-order valence-corrected chi connectivity index (χ3v) is 9.77. The van der Waals surface area contributed by atoms with Gasteiger partial charge in [-0.1, -0.05) is 17.7 Å². The molecule has 0 radical (unpaired) electrons. The standard InChI is InChI=1S/C21H18ClF5N2O3S.C5H6N2O2/c22-18-9-13(5-6-28-18)12-2-4-17(16(8-12)21(25,26)27)33(31,32)15-3-1-14(7-15)19(30)29-10-20(23,24)11-29;6-3-5(1-2-5)7-4(8)9/h2,4-6,8-9,14-15H,1,3,7,10-11H2;7H,1-2H2,(H,8,9)/t14-,15-;/m1./s1. The fourth-order valence-corrected chi connectivity index (χ4v) is 7.11. The number of aromatic nitrogens is 1. The monoisotopic (exact) mass is 634 g/mol. The maximum atomic E-state index is 13.8. The van der Waals surface area contributed by atoms with Crippen LogP contribution in [0.2, 0.25) is 5.15 Å². The summed E-state index contributed by atoms with van der Waals surface area (Å²) in [6, 6.07) is 7.61. The van der Waals surface area contributed by atoms with Gasteiger partial charge in [-0.15, -0.1) is 0 Å². The summed E-state index contributed by atoms with van der Waals surface area (Å²) in [7, 11) is -4.44. The number of likely N-dealkylation sites (tertiary alicyclic amines) is 1. The molecular weight excluding hydrogens is 611 g/mol. The summed E-state index contributed by atoms with van der Waals surface area (Å²) in [5.74, 6) is -4.35. The number of nitrogens with zero attached hydrogens (tertiary/aromatic N) is 3. The average Bonchev–Trinajstić information content (AvgIpc) is 3.47. The lowest BCUT2D eigenvalue weighted by molar-refractivity contribution is -0.169. The zero-order valence-corrected chi connectivity index (χ0v) is 23.2. The summed E-state index contributed by atoms with van der Waals surface area (Å²) in [5.41, 5.74) is -1.59. The molecule has 42 heavy (non-hydrogen) atoms. The van der Waals surface area contributed by atoms with Gasteiger partial charge < -0.3 is 15.3 Å². The molecule has 3 aliphatic rings. The molecule has 2 atom stereocenters. The third-order valence-electron chi connectivity index (χ3n) is 7.29. The number of sulfone groups is 1. The van der Waals surface area contributed by atoms with Crippen LogP contribution in [0.5, 0.6) is 0 Å². The van der Waals surface area contributed by atoms with Crippen LogP contribution in [0.3, 0.4) is 0 Å². The first-order valence-corrected chi connectivity index (χ1v) is 14.5. The van der Waals surface area contributed by atoms with Crippen molar-refractivity contribution in [2.75, 3.05) is 13.1 Å². The molecule has 3 fully saturated rings.